The molecule has 10 rings (SSSR count). The molecule has 5 aromatic carbocycles. The number of hydrogen-bond donors (Lipinski definition) is 3. The molecule has 2 aliphatic rings. The number of nitrogens with one attached hydrogen (secondary N) is 2. The van der Waals surface area contributed by atoms with Crippen molar-refractivity contribution in [2.24, 2.45) is 0 Å². The maximum atomic E-state index is 10.4. The van der Waals surface area contributed by atoms with Crippen LogP contribution in [0.1, 0.15) is 15.9 Å². The summed E-state index contributed by atoms with van der Waals surface area (Å²) in [4.78, 5) is 47.2. The van der Waals surface area contributed by atoms with Crippen LogP contribution in [0.4, 0.5) is 0 Å². The molecule has 0 amide bonds. The topological polar surface area (TPSA) is 170 Å². The number of hydrogen-bond acceptors (Lipinski definition) is 8. The number of rotatable bonds is 1. The molecule has 0 aliphatic carbocycles. The molecule has 3 N–H and O–H groups in total. The van der Waals surface area contributed by atoms with E-state index >= 15 is 0 Å². The number of carboxylic acid groups (broad SMARTS) is 1. The molecule has 240 valence electrons. The molecule has 5 heterocycles. The van der Waals surface area contributed by atoms with Crippen molar-refractivity contribution in [1.82, 2.24) is 39.9 Å². The van der Waals surface area contributed by atoms with Gasteiger partial charge in [-0.1, -0.05) is 109 Å². The number of benzene rings is 5. The average Bonchev–Trinajstić information content (AvgIpc) is 3.91. The average molecular weight is 662 g/mol. The maximum Gasteiger partial charge on any atom is 0.337 e. The SMILES string of the molecule is N#Cc1ccccc1C(=O)O.c1ccc2c(c1)-c1nc-2nc2[nH]c(nc3nc(nc4[nH]c(n1)c1ccccc41)-c1ccccc1-3)c1ccccc21. The van der Waals surface area contributed by atoms with Crippen LogP contribution < -0.4 is 0 Å². The number of H-pyrrole nitrogens is 2. The number of carbonyl (C=O) groups is 1. The minimum atomic E-state index is -1.07. The van der Waals surface area contributed by atoms with Gasteiger partial charge in [-0.3, -0.25) is 0 Å². The molecule has 11 heteroatoms. The van der Waals surface area contributed by atoms with Gasteiger partial charge in [0, 0.05) is 43.8 Å². The zero-order valence-corrected chi connectivity index (χ0v) is 26.5. The van der Waals surface area contributed by atoms with Crippen LogP contribution in [0.25, 0.3) is 89.7 Å². The van der Waals surface area contributed by atoms with Crippen LogP contribution in [0.3, 0.4) is 0 Å². The fourth-order valence-electron chi connectivity index (χ4n) is 6.36. The molecule has 0 radical (unpaired) electrons. The lowest BCUT2D eigenvalue weighted by Crippen LogP contribution is -1.98. The first-order valence-electron chi connectivity index (χ1n) is 16.0. The number of nitriles is 1. The monoisotopic (exact) mass is 661 g/mol. The third-order valence-corrected chi connectivity index (χ3v) is 8.74. The molecule has 0 unspecified atom stereocenters. The van der Waals surface area contributed by atoms with Gasteiger partial charge in [-0.25, -0.2) is 34.7 Å². The van der Waals surface area contributed by atoms with Gasteiger partial charge in [0.1, 0.15) is 28.7 Å². The Hall–Kier alpha value is -7.58. The Labute approximate surface area is 288 Å². The summed E-state index contributed by atoms with van der Waals surface area (Å²) < 4.78 is 0. The Bertz CT molecular complexity index is 2620. The van der Waals surface area contributed by atoms with Gasteiger partial charge in [0.2, 0.25) is 0 Å². The van der Waals surface area contributed by atoms with E-state index in [1.165, 1.54) is 12.1 Å². The van der Waals surface area contributed by atoms with E-state index in [4.69, 9.17) is 40.3 Å². The van der Waals surface area contributed by atoms with Gasteiger partial charge in [-0.05, 0) is 12.1 Å². The number of aromatic carboxylic acids is 1. The minimum Gasteiger partial charge on any atom is -0.478 e. The second kappa shape index (κ2) is 11.8. The molecule has 8 aromatic rings. The predicted octanol–water partition coefficient (Wildman–Crippen LogP) is 8.13. The fraction of sp³-hybridized carbons (Fsp3) is 0. The third-order valence-electron chi connectivity index (χ3n) is 8.74. The number of nitrogens with zero attached hydrogens (tertiary/aromatic N) is 7. The molecule has 0 atom stereocenters. The third kappa shape index (κ3) is 5.03. The Morgan fingerprint density at radius 1 is 0.471 bits per heavy atom. The fourth-order valence-corrected chi connectivity index (χ4v) is 6.36. The molecule has 0 saturated heterocycles. The summed E-state index contributed by atoms with van der Waals surface area (Å²) in [5, 5.41) is 20.8. The van der Waals surface area contributed by atoms with Gasteiger partial charge in [-0.15, -0.1) is 0 Å². The molecular weight excluding hydrogens is 639 g/mol. The molecule has 8 bridgehead atoms. The highest BCUT2D eigenvalue weighted by molar-refractivity contribution is 6.06. The van der Waals surface area contributed by atoms with Gasteiger partial charge in [0.15, 0.2) is 23.3 Å². The van der Waals surface area contributed by atoms with Crippen LogP contribution in [0, 0.1) is 11.3 Å². The van der Waals surface area contributed by atoms with Gasteiger partial charge < -0.3 is 15.1 Å². The van der Waals surface area contributed by atoms with Crippen molar-refractivity contribution in [3.8, 4) is 51.6 Å². The lowest BCUT2D eigenvalue weighted by Gasteiger charge is -1.96. The summed E-state index contributed by atoms with van der Waals surface area (Å²) in [5.41, 5.74) is 6.69. The van der Waals surface area contributed by atoms with Gasteiger partial charge in [-0.2, -0.15) is 5.26 Å². The van der Waals surface area contributed by atoms with Crippen molar-refractivity contribution < 1.29 is 9.90 Å². The standard InChI is InChI=1S/C32H18N8.C8H5NO2/c1-2-10-18-17(9-1)25-33-26(18)38-28-21-13-5-6-14-22(21)30(35-28)40-32-24-16-8-7-15-23(24)31(36-32)39-29-20-12-4-3-11-19(20)27(34-29)37-25;9-5-6-3-1-2-4-7(6)8(10)11/h1-16H,(H2,33,34,35,36,37,38,39,40);1-4H,(H,10,11). The minimum absolute atomic E-state index is 0.0509. The summed E-state index contributed by atoms with van der Waals surface area (Å²) in [6.45, 7) is 0. The van der Waals surface area contributed by atoms with Crippen molar-refractivity contribution in [3.63, 3.8) is 0 Å². The van der Waals surface area contributed by atoms with Crippen LogP contribution in [-0.2, 0) is 0 Å². The number of aromatic amines is 2. The maximum absolute atomic E-state index is 10.4. The molecule has 11 nitrogen and oxygen atoms in total. The molecule has 0 fully saturated rings. The van der Waals surface area contributed by atoms with Crippen molar-refractivity contribution in [1.29, 1.82) is 5.26 Å². The van der Waals surface area contributed by atoms with Crippen LogP contribution in [0.15, 0.2) is 121 Å². The Balaban J connectivity index is 0.000000274. The first kappa shape index (κ1) is 29.6. The largest absolute Gasteiger partial charge is 0.478 e. The quantitative estimate of drug-likeness (QED) is 0.157. The van der Waals surface area contributed by atoms with E-state index in [1.807, 2.05) is 97.1 Å². The first-order valence-corrected chi connectivity index (χ1v) is 16.0. The zero-order chi connectivity index (χ0) is 34.5. The van der Waals surface area contributed by atoms with Gasteiger partial charge in [0.25, 0.3) is 0 Å². The highest BCUT2D eigenvalue weighted by atomic mass is 16.4. The summed E-state index contributed by atoms with van der Waals surface area (Å²) >= 11 is 0. The van der Waals surface area contributed by atoms with E-state index in [0.717, 1.165) is 43.8 Å². The van der Waals surface area contributed by atoms with E-state index in [9.17, 15) is 4.79 Å². The molecule has 3 aromatic heterocycles. The highest BCUT2D eigenvalue weighted by Gasteiger charge is 2.21. The molecular formula is C40H23N9O2. The first-order chi connectivity index (χ1) is 25.1. The van der Waals surface area contributed by atoms with Crippen molar-refractivity contribution in [3.05, 3.63) is 132 Å². The Morgan fingerprint density at radius 2 is 0.784 bits per heavy atom. The van der Waals surface area contributed by atoms with E-state index < -0.39 is 5.97 Å². The number of carboxylic acids is 1. The van der Waals surface area contributed by atoms with Crippen LogP contribution in [-0.4, -0.2) is 50.9 Å². The molecule has 0 spiro atoms. The Morgan fingerprint density at radius 3 is 1.10 bits per heavy atom. The van der Waals surface area contributed by atoms with Crippen LogP contribution in [0.2, 0.25) is 0 Å². The summed E-state index contributed by atoms with van der Waals surface area (Å²) in [6.07, 6.45) is 0. The zero-order valence-electron chi connectivity index (χ0n) is 26.5. The predicted molar refractivity (Wildman–Crippen MR) is 194 cm³/mol. The smallest absolute Gasteiger partial charge is 0.337 e. The number of aromatic nitrogens is 8. The highest BCUT2D eigenvalue weighted by Crippen LogP contribution is 2.36. The van der Waals surface area contributed by atoms with Gasteiger partial charge in [0.05, 0.1) is 11.1 Å². The van der Waals surface area contributed by atoms with E-state index in [-0.39, 0.29) is 11.1 Å². The lowest BCUT2D eigenvalue weighted by atomic mass is 10.1. The normalized spacial score (nSPS) is 11.3. The van der Waals surface area contributed by atoms with Crippen LogP contribution >= 0.6 is 0 Å². The molecule has 51 heavy (non-hydrogen) atoms. The molecule has 0 saturated carbocycles. The van der Waals surface area contributed by atoms with Crippen molar-refractivity contribution in [2.45, 2.75) is 0 Å². The summed E-state index contributed by atoms with van der Waals surface area (Å²) in [6, 6.07) is 40.1. The van der Waals surface area contributed by atoms with Crippen molar-refractivity contribution in [2.75, 3.05) is 0 Å². The van der Waals surface area contributed by atoms with E-state index in [0.29, 0.717) is 45.9 Å². The van der Waals surface area contributed by atoms with Crippen molar-refractivity contribution >= 4 is 50.1 Å². The number of fused-ring (bicyclic) bond motifs is 20. The second-order valence-electron chi connectivity index (χ2n) is 11.8. The summed E-state index contributed by atoms with van der Waals surface area (Å²) in [5.74, 6) is 1.32. The summed E-state index contributed by atoms with van der Waals surface area (Å²) in [7, 11) is 0. The lowest BCUT2D eigenvalue weighted by molar-refractivity contribution is 0.0696. The van der Waals surface area contributed by atoms with Crippen LogP contribution in [0.5, 0.6) is 0 Å². The Kier molecular flexibility index (Phi) is 6.86. The van der Waals surface area contributed by atoms with Gasteiger partial charge >= 0.3 is 5.97 Å². The molecule has 2 aliphatic heterocycles. The second-order valence-corrected chi connectivity index (χ2v) is 11.8. The van der Waals surface area contributed by atoms with E-state index in [1.54, 1.807) is 18.2 Å². The van der Waals surface area contributed by atoms with E-state index in [2.05, 4.69) is 9.97 Å².